The van der Waals surface area contributed by atoms with Gasteiger partial charge < -0.3 is 0 Å². The number of rotatable bonds is 24. The maximum atomic E-state index is 13.0. The lowest BCUT2D eigenvalue weighted by molar-refractivity contribution is 0.0891. The van der Waals surface area contributed by atoms with Gasteiger partial charge in [0.25, 0.3) is 0 Å². The highest BCUT2D eigenvalue weighted by molar-refractivity contribution is 6.33. The Hall–Kier alpha value is -6.56. The van der Waals surface area contributed by atoms with Crippen LogP contribution >= 0.6 is 92.8 Å². The van der Waals surface area contributed by atoms with Crippen LogP contribution in [-0.4, -0.2) is 46.3 Å². The van der Waals surface area contributed by atoms with E-state index >= 15 is 0 Å². The molecule has 0 saturated carbocycles. The molecule has 0 amide bonds. The molecule has 704 valence electrons. The first-order valence-electron chi connectivity index (χ1n) is 71.2. The van der Waals surface area contributed by atoms with E-state index in [4.69, 9.17) is 182 Å². The van der Waals surface area contributed by atoms with Gasteiger partial charge in [0.05, 0.1) is 16.4 Å². The first-order chi connectivity index (χ1) is 84.7. The maximum Gasteiger partial charge on any atom is 0.165 e. The fraction of sp³-hybridized carbons (Fsp3) is 0.500. The highest BCUT2D eigenvalue weighted by atomic mass is 35.5. The van der Waals surface area contributed by atoms with E-state index < -0.39 is 360 Å². The average Bonchev–Trinajstić information content (AvgIpc) is 0.712. The number of carbonyl (C=O) groups is 8. The molecule has 0 fully saturated rings. The Balaban J connectivity index is 0.00000111. The number of hydrogen-bond donors (Lipinski definition) is 0. The first-order valence-corrected chi connectivity index (χ1v) is 41.7. The number of hydrogen-bond acceptors (Lipinski definition) is 8. The largest absolute Gasteiger partial charge is 0.294 e. The van der Waals surface area contributed by atoms with Crippen LogP contribution in [0, 0.1) is 90.5 Å². The summed E-state index contributed by atoms with van der Waals surface area (Å²) in [4.78, 5) is 101. The molecule has 0 aliphatic heterocycles. The monoisotopic (exact) mass is 1970 g/mol. The van der Waals surface area contributed by atoms with Crippen molar-refractivity contribution < 1.29 is 127 Å². The predicted molar refractivity (Wildman–Crippen MR) is 552 cm³/mol. The van der Waals surface area contributed by atoms with E-state index in [9.17, 15) is 38.4 Å². The summed E-state index contributed by atoms with van der Waals surface area (Å²) in [5.74, 6) is -22.9. The first kappa shape index (κ1) is 50.7. The summed E-state index contributed by atoms with van der Waals surface area (Å²) in [6.45, 7) is -24.6. The molecule has 0 radical (unpaired) electrons. The molecular weight excluding hydrogens is 1760 g/mol. The second-order valence-corrected chi connectivity index (χ2v) is 36.4. The van der Waals surface area contributed by atoms with E-state index in [1.165, 1.54) is 95.3 Å². The smallest absolute Gasteiger partial charge is 0.165 e. The molecule has 0 saturated heterocycles. The van der Waals surface area contributed by atoms with Gasteiger partial charge in [-0.3, -0.25) is 38.4 Å². The van der Waals surface area contributed by atoms with Crippen LogP contribution in [0.2, 0.25) is 40.2 Å². The molecule has 1 unspecified atom stereocenters. The van der Waals surface area contributed by atoms with Gasteiger partial charge in [0.15, 0.2) is 46.3 Å². The minimum atomic E-state index is -3.64. The molecule has 8 rings (SSSR count). The van der Waals surface area contributed by atoms with Gasteiger partial charge >= 0.3 is 0 Å². The molecule has 8 nitrogen and oxygen atoms in total. The highest BCUT2D eigenvalue weighted by Gasteiger charge is 2.30. The summed E-state index contributed by atoms with van der Waals surface area (Å²) in [5, 5.41) is -0.00962. The minimum absolute atomic E-state index is 0.0366. The van der Waals surface area contributed by atoms with Crippen molar-refractivity contribution in [3.63, 3.8) is 0 Å². The van der Waals surface area contributed by atoms with Crippen molar-refractivity contribution >= 4 is 139 Å². The Bertz CT molecular complexity index is 7290. The second-order valence-electron chi connectivity index (χ2n) is 33.1. The molecule has 0 aliphatic carbocycles. The summed E-state index contributed by atoms with van der Waals surface area (Å²) in [7, 11) is 0. The Labute approximate surface area is 904 Å². The van der Waals surface area contributed by atoms with Crippen LogP contribution in [0.15, 0.2) is 194 Å². The molecule has 8 aromatic carbocycles. The molecule has 8 atom stereocenters. The number of halogens is 8. The third-order valence-corrected chi connectivity index (χ3v) is 17.8. The van der Waals surface area contributed by atoms with Crippen LogP contribution in [0.1, 0.15) is 444 Å². The Morgan fingerprint density at radius 3 is 0.555 bits per heavy atom. The molecule has 0 aromatic heterocycles. The zero-order valence-electron chi connectivity index (χ0n) is 139. The third kappa shape index (κ3) is 53.2. The van der Waals surface area contributed by atoms with Crippen molar-refractivity contribution in [2.45, 2.75) is 272 Å². The summed E-state index contributed by atoms with van der Waals surface area (Å²) >= 11 is 46.4. The minimum Gasteiger partial charge on any atom is -0.294 e. The van der Waals surface area contributed by atoms with Gasteiger partial charge in [-0.25, -0.2) is 0 Å². The summed E-state index contributed by atoms with van der Waals surface area (Å²) in [5.41, 5.74) is -18.2. The van der Waals surface area contributed by atoms with Gasteiger partial charge in [0.1, 0.15) is 0 Å². The average molecular weight is 1980 g/mol. The predicted octanol–water partition coefficient (Wildman–Crippen LogP) is 36.8. The Morgan fingerprint density at radius 1 is 0.234 bits per heavy atom. The summed E-state index contributed by atoms with van der Waals surface area (Å²) < 4.78 is 501. The Morgan fingerprint density at radius 2 is 0.391 bits per heavy atom. The maximum absolute atomic E-state index is 13.0. The SMILES string of the molecule is [2H]C([2H])([2H])C(C)(C)C[C@@]([2H])(C)C(=O)c1cccc(Cl)c1.[2H]C([2H])([2H])C(C)(C)C[C@]([2H])(C)C(=O)c1cccc(Cl)c1.[2H]C([2H])([2H])C(C)(C[C@@]([2H])(C)C(=O)c1cccc(Cl)c1)C([2H])([2H])[2H].[2H]C([2H])([2H])C(C)(C[C@]([2H])(C)C(=O)c1cccc(Cl)c1)C([2H])([2H])[2H].[2H]C([2H])([2H])C(C[C@@]([2H])(C)C(=O)c1cccc(Cl)c1)(C([2H])([2H])[2H])C([2H])([2H])[2H].[2H]c1c([2H])c(Cl)c([2H])c(C(=O)C([2H])(C)CC(C([2H])([2H])[2H])(C([2H])([2H])[2H])C([2H])([2H])[2H])c1[2H].[2H]c1c([2H])c(Cl)c([2H])c(C(=O)[C@]([2H])(C)CC(C([2H])([2H])[2H])(C([2H])([2H])[2H])C([2H])([2H])[2H])c1[2H].[2H]c1c([2H])c(Cl)c([2H])c(C(=O)[C@]([2H])(C)CC(C)(C)C)c1[2H]. The van der Waals surface area contributed by atoms with Crippen molar-refractivity contribution in [3.05, 3.63) is 279 Å². The molecule has 0 aliphatic rings. The van der Waals surface area contributed by atoms with E-state index in [1.807, 2.05) is 20.8 Å². The molecule has 0 heterocycles. The Kier molecular flexibility index (Phi) is 21.6. The summed E-state index contributed by atoms with van der Waals surface area (Å²) in [6, 6.07) is 21.6. The number of Topliss-reactive ketones (excluding diaryl/α,β-unsaturated/α-hetero) is 8. The van der Waals surface area contributed by atoms with E-state index in [2.05, 4.69) is 0 Å². The van der Waals surface area contributed by atoms with Gasteiger partial charge in [-0.1, -0.05) is 410 Å². The summed E-state index contributed by atoms with van der Waals surface area (Å²) in [6.07, 6.45) is -5.27. The molecule has 128 heavy (non-hydrogen) atoms. The number of benzene rings is 8. The fourth-order valence-electron chi connectivity index (χ4n) is 11.3. The molecule has 8 aromatic rings. The van der Waals surface area contributed by atoms with Crippen LogP contribution in [0.25, 0.3) is 0 Å². The molecular formula is C112H152Cl8O8. The quantitative estimate of drug-likeness (QED) is 0.0546. The van der Waals surface area contributed by atoms with E-state index in [0.29, 0.717) is 31.2 Å². The molecule has 0 N–H and O–H groups in total. The van der Waals surface area contributed by atoms with Crippen molar-refractivity contribution in [1.29, 1.82) is 0 Å². The van der Waals surface area contributed by atoms with E-state index in [0.717, 1.165) is 34.6 Å². The van der Waals surface area contributed by atoms with Gasteiger partial charge in [0, 0.05) is 204 Å². The number of ketones is 8. The van der Waals surface area contributed by atoms with Crippen LogP contribution in [0.5, 0.6) is 0 Å². The molecule has 0 spiro atoms. The number of carbonyl (C=O) groups excluding carboxylic acids is 8. The van der Waals surface area contributed by atoms with Crippen molar-refractivity contribution in [2.75, 3.05) is 0 Å². The normalized spacial score (nSPS) is 24.4. The van der Waals surface area contributed by atoms with E-state index in [-0.39, 0.29) is 57.0 Å². The van der Waals surface area contributed by atoms with Gasteiger partial charge in [-0.2, -0.15) is 0 Å². The lowest BCUT2D eigenvalue weighted by Crippen LogP contribution is -2.18. The highest BCUT2D eigenvalue weighted by Crippen LogP contribution is 2.35. The zero-order valence-corrected chi connectivity index (χ0v) is 80.0. The van der Waals surface area contributed by atoms with Crippen LogP contribution < -0.4 is 0 Å². The van der Waals surface area contributed by atoms with Gasteiger partial charge in [-0.05, 0) is 192 Å². The van der Waals surface area contributed by atoms with Gasteiger partial charge in [0.2, 0.25) is 0 Å². The molecule has 0 bridgehead atoms. The fourth-order valence-corrected chi connectivity index (χ4v) is 12.7. The van der Waals surface area contributed by atoms with Crippen molar-refractivity contribution in [2.24, 2.45) is 90.5 Å². The van der Waals surface area contributed by atoms with Crippen LogP contribution in [0.3, 0.4) is 0 Å². The second kappa shape index (κ2) is 54.6. The van der Waals surface area contributed by atoms with Crippen LogP contribution in [0.4, 0.5) is 0 Å². The van der Waals surface area contributed by atoms with Crippen molar-refractivity contribution in [3.8, 4) is 0 Å². The standard InChI is InChI=1S/8C14H19ClO/c8*1-10(9-14(2,3)4)13(16)11-6-5-7-12(15)8-11/h8*5-8,10H,9H2,1-4H3/t7*10-;/m1111100./s1/i2D3,3D3,4D3,5D,6D,7D,8D,10D;5D,6D,7D,8D,10D;2D3,3D3,4D3,10D;2D3,3D3,10D;2D3,10D;2D3,3D3,10D;2D3,10D;2D3,3D3,4D3,5D,6D,7D,8D,10D. The topological polar surface area (TPSA) is 137 Å². The van der Waals surface area contributed by atoms with Crippen LogP contribution in [-0.2, 0) is 0 Å². The lowest BCUT2D eigenvalue weighted by Gasteiger charge is -2.22. The van der Waals surface area contributed by atoms with Crippen molar-refractivity contribution in [1.82, 2.24) is 0 Å². The van der Waals surface area contributed by atoms with Gasteiger partial charge in [-0.15, -0.1) is 0 Å². The van der Waals surface area contributed by atoms with E-state index in [1.54, 1.807) is 88.4 Å². The lowest BCUT2D eigenvalue weighted by atomic mass is 9.82. The molecule has 16 heteroatoms. The third-order valence-electron chi connectivity index (χ3n) is 16.0. The zero-order chi connectivity index (χ0) is 154.